The molecule has 3 N–H and O–H groups in total. The maximum Gasteiger partial charge on any atom is 0.408 e. The molecule has 0 unspecified atom stereocenters. The molecule has 1 aromatic carbocycles. The van der Waals surface area contributed by atoms with E-state index < -0.39 is 30.1 Å². The van der Waals surface area contributed by atoms with Crippen molar-refractivity contribution in [3.8, 4) is 0 Å². The Labute approximate surface area is 179 Å². The Morgan fingerprint density at radius 1 is 1.07 bits per heavy atom. The molecule has 8 nitrogen and oxygen atoms in total. The molecule has 0 radical (unpaired) electrons. The van der Waals surface area contributed by atoms with Gasteiger partial charge in [0.2, 0.25) is 5.91 Å². The number of amides is 2. The summed E-state index contributed by atoms with van der Waals surface area (Å²) in [5.74, 6) is -2.11. The minimum Gasteiger partial charge on any atom is -0.480 e. The number of halogens is 1. The summed E-state index contributed by atoms with van der Waals surface area (Å²) in [4.78, 5) is 40.3. The van der Waals surface area contributed by atoms with Crippen LogP contribution in [0.15, 0.2) is 48.7 Å². The van der Waals surface area contributed by atoms with Crippen LogP contribution in [0.25, 0.3) is 0 Å². The van der Waals surface area contributed by atoms with Crippen molar-refractivity contribution in [3.05, 3.63) is 64.9 Å². The van der Waals surface area contributed by atoms with Crippen molar-refractivity contribution < 1.29 is 24.2 Å². The van der Waals surface area contributed by atoms with Crippen LogP contribution in [0.3, 0.4) is 0 Å². The first-order valence-electron chi connectivity index (χ1n) is 9.37. The first kappa shape index (κ1) is 23.2. The van der Waals surface area contributed by atoms with Gasteiger partial charge in [-0.1, -0.05) is 61.8 Å². The van der Waals surface area contributed by atoms with E-state index in [-0.39, 0.29) is 24.1 Å². The van der Waals surface area contributed by atoms with E-state index in [2.05, 4.69) is 15.6 Å². The van der Waals surface area contributed by atoms with E-state index in [1.165, 1.54) is 6.20 Å². The predicted octanol–water partition coefficient (Wildman–Crippen LogP) is 2.80. The fourth-order valence-corrected chi connectivity index (χ4v) is 2.76. The maximum atomic E-state index is 12.7. The number of hydrogen-bond donors (Lipinski definition) is 3. The third-order valence-electron chi connectivity index (χ3n) is 4.28. The average Bonchev–Trinajstić information content (AvgIpc) is 2.71. The molecule has 0 saturated heterocycles. The van der Waals surface area contributed by atoms with Gasteiger partial charge >= 0.3 is 12.1 Å². The lowest BCUT2D eigenvalue weighted by atomic mass is 10.0. The second-order valence-electron chi connectivity index (χ2n) is 7.02. The van der Waals surface area contributed by atoms with Crippen LogP contribution in [0.5, 0.6) is 0 Å². The highest BCUT2D eigenvalue weighted by atomic mass is 35.5. The number of aromatic nitrogens is 1. The van der Waals surface area contributed by atoms with Gasteiger partial charge in [0.05, 0.1) is 0 Å². The van der Waals surface area contributed by atoms with E-state index in [1.54, 1.807) is 26.0 Å². The normalized spacial score (nSPS) is 12.7. The molecule has 2 amide bonds. The second-order valence-corrected chi connectivity index (χ2v) is 7.41. The summed E-state index contributed by atoms with van der Waals surface area (Å²) in [6.07, 6.45) is 0.708. The molecule has 1 aromatic heterocycles. The molecule has 0 fully saturated rings. The summed E-state index contributed by atoms with van der Waals surface area (Å²) in [6, 6.07) is 10.1. The third-order valence-corrected chi connectivity index (χ3v) is 4.50. The van der Waals surface area contributed by atoms with Crippen molar-refractivity contribution in [2.45, 2.75) is 39.0 Å². The smallest absolute Gasteiger partial charge is 0.408 e. The monoisotopic (exact) mass is 433 g/mol. The van der Waals surface area contributed by atoms with E-state index in [0.717, 1.165) is 5.56 Å². The van der Waals surface area contributed by atoms with Crippen LogP contribution in [0.1, 0.15) is 25.0 Å². The predicted molar refractivity (Wildman–Crippen MR) is 111 cm³/mol. The topological polar surface area (TPSA) is 118 Å². The first-order chi connectivity index (χ1) is 14.3. The van der Waals surface area contributed by atoms with Gasteiger partial charge in [0.1, 0.15) is 23.8 Å². The number of pyridine rings is 1. The maximum absolute atomic E-state index is 12.7. The highest BCUT2D eigenvalue weighted by Crippen LogP contribution is 2.09. The van der Waals surface area contributed by atoms with Gasteiger partial charge in [-0.15, -0.1) is 0 Å². The van der Waals surface area contributed by atoms with Crippen molar-refractivity contribution in [1.29, 1.82) is 0 Å². The summed E-state index contributed by atoms with van der Waals surface area (Å²) in [5, 5.41) is 14.7. The van der Waals surface area contributed by atoms with Crippen LogP contribution in [0, 0.1) is 5.92 Å². The molecule has 0 bridgehead atoms. The van der Waals surface area contributed by atoms with E-state index >= 15 is 0 Å². The van der Waals surface area contributed by atoms with Crippen LogP contribution in [0.2, 0.25) is 5.15 Å². The van der Waals surface area contributed by atoms with Gasteiger partial charge in [-0.25, -0.2) is 14.6 Å². The molecule has 2 atom stereocenters. The molecule has 160 valence electrons. The van der Waals surface area contributed by atoms with Crippen molar-refractivity contribution in [2.24, 2.45) is 5.92 Å². The molecule has 2 aromatic rings. The van der Waals surface area contributed by atoms with E-state index in [4.69, 9.17) is 16.3 Å². The number of nitrogens with one attached hydrogen (secondary N) is 2. The van der Waals surface area contributed by atoms with Crippen molar-refractivity contribution in [1.82, 2.24) is 15.6 Å². The van der Waals surface area contributed by atoms with Gasteiger partial charge in [0, 0.05) is 12.6 Å². The number of carboxylic acid groups (broad SMARTS) is 1. The quantitative estimate of drug-likeness (QED) is 0.523. The van der Waals surface area contributed by atoms with Crippen LogP contribution in [-0.2, 0) is 27.4 Å². The fraction of sp³-hybridized carbons (Fsp3) is 0.333. The van der Waals surface area contributed by atoms with E-state index in [1.807, 2.05) is 30.3 Å². The van der Waals surface area contributed by atoms with Gasteiger partial charge in [0.15, 0.2) is 0 Å². The number of benzene rings is 1. The Morgan fingerprint density at radius 2 is 1.77 bits per heavy atom. The number of alkyl carbamates (subject to hydrolysis) is 1. The first-order valence-corrected chi connectivity index (χ1v) is 9.75. The molecular formula is C21H24ClN3O5. The van der Waals surface area contributed by atoms with Gasteiger partial charge in [-0.3, -0.25) is 4.79 Å². The van der Waals surface area contributed by atoms with Crippen molar-refractivity contribution >= 4 is 29.6 Å². The number of hydrogen-bond acceptors (Lipinski definition) is 5. The highest BCUT2D eigenvalue weighted by Gasteiger charge is 2.29. The molecule has 0 spiro atoms. The molecular weight excluding hydrogens is 410 g/mol. The van der Waals surface area contributed by atoms with Crippen LogP contribution in [0.4, 0.5) is 4.79 Å². The molecule has 0 aliphatic heterocycles. The summed E-state index contributed by atoms with van der Waals surface area (Å²) in [6.45, 7) is 3.53. The highest BCUT2D eigenvalue weighted by molar-refractivity contribution is 6.29. The zero-order chi connectivity index (χ0) is 22.1. The molecule has 30 heavy (non-hydrogen) atoms. The number of rotatable bonds is 9. The number of ether oxygens (including phenoxy) is 1. The lowest BCUT2D eigenvalue weighted by Crippen LogP contribution is -2.54. The minimum atomic E-state index is -1.20. The van der Waals surface area contributed by atoms with Crippen LogP contribution >= 0.6 is 11.6 Å². The molecule has 1 heterocycles. The Balaban J connectivity index is 1.97. The van der Waals surface area contributed by atoms with Crippen LogP contribution < -0.4 is 10.6 Å². The molecule has 0 aliphatic carbocycles. The molecule has 0 aliphatic rings. The number of carbonyl (C=O) groups is 3. The average molecular weight is 434 g/mol. The standard InChI is InChI=1S/C21H24ClN3O5/c1-13(2)18(25-21(29)30-12-14-6-4-3-5-7-14)19(26)24-16(20(27)28)10-15-8-9-17(22)23-11-15/h3-9,11,13,16,18H,10,12H2,1-2H3,(H,24,26)(H,25,29)(H,27,28)/t16-,18+/m1/s1. The SMILES string of the molecule is CC(C)[C@H](NC(=O)OCc1ccccc1)C(=O)N[C@H](Cc1ccc(Cl)nc1)C(=O)O. The Hall–Kier alpha value is -3.13. The summed E-state index contributed by atoms with van der Waals surface area (Å²) in [7, 11) is 0. The van der Waals surface area contributed by atoms with E-state index in [9.17, 15) is 19.5 Å². The molecule has 2 rings (SSSR count). The number of carboxylic acids is 1. The van der Waals surface area contributed by atoms with Gasteiger partial charge in [-0.05, 0) is 23.1 Å². The Bertz CT molecular complexity index is 859. The van der Waals surface area contributed by atoms with Crippen molar-refractivity contribution in [2.75, 3.05) is 0 Å². The summed E-state index contributed by atoms with van der Waals surface area (Å²) >= 11 is 5.74. The number of carbonyl (C=O) groups excluding carboxylic acids is 2. The third kappa shape index (κ3) is 7.36. The van der Waals surface area contributed by atoms with Gasteiger partial charge in [-0.2, -0.15) is 0 Å². The summed E-state index contributed by atoms with van der Waals surface area (Å²) in [5.41, 5.74) is 1.41. The zero-order valence-corrected chi connectivity index (χ0v) is 17.4. The summed E-state index contributed by atoms with van der Waals surface area (Å²) < 4.78 is 5.15. The van der Waals surface area contributed by atoms with Gasteiger partial charge in [0.25, 0.3) is 0 Å². The molecule has 9 heteroatoms. The lowest BCUT2D eigenvalue weighted by molar-refractivity contribution is -0.142. The largest absolute Gasteiger partial charge is 0.480 e. The Morgan fingerprint density at radius 3 is 2.33 bits per heavy atom. The van der Waals surface area contributed by atoms with Crippen molar-refractivity contribution in [3.63, 3.8) is 0 Å². The van der Waals surface area contributed by atoms with Crippen LogP contribution in [-0.4, -0.2) is 40.1 Å². The Kier molecular flexibility index (Phi) is 8.61. The van der Waals surface area contributed by atoms with E-state index in [0.29, 0.717) is 5.56 Å². The zero-order valence-electron chi connectivity index (χ0n) is 16.7. The fourth-order valence-electron chi connectivity index (χ4n) is 2.65. The van der Waals surface area contributed by atoms with Gasteiger partial charge < -0.3 is 20.5 Å². The molecule has 0 saturated carbocycles. The number of nitrogens with zero attached hydrogens (tertiary/aromatic N) is 1. The second kappa shape index (κ2) is 11.2. The number of aliphatic carboxylic acids is 1. The minimum absolute atomic E-state index is 0.0223. The lowest BCUT2D eigenvalue weighted by Gasteiger charge is -2.23.